The first kappa shape index (κ1) is 23.0. The first-order valence-electron chi connectivity index (χ1n) is 7.17. The van der Waals surface area contributed by atoms with E-state index in [1.807, 2.05) is 0 Å². The molecule has 0 nitrogen and oxygen atoms in total. The molecule has 1 rings (SSSR count). The van der Waals surface area contributed by atoms with Crippen LogP contribution in [0.15, 0.2) is 0 Å². The molecular weight excluding hydrogens is 492 g/mol. The molecule has 1 fully saturated rings. The van der Waals surface area contributed by atoms with Gasteiger partial charge in [0.2, 0.25) is 0 Å². The van der Waals surface area contributed by atoms with Crippen molar-refractivity contribution in [1.29, 1.82) is 0 Å². The molecule has 0 heterocycles. The first-order chi connectivity index (χ1) is 11.0. The third-order valence-electron chi connectivity index (χ3n) is 4.20. The lowest BCUT2D eigenvalue weighted by atomic mass is 9.70. The molecule has 0 aromatic carbocycles. The van der Waals surface area contributed by atoms with Crippen molar-refractivity contribution in [2.45, 2.75) is 78.2 Å². The van der Waals surface area contributed by atoms with Gasteiger partial charge >= 0.3 is 29.6 Å². The largest absolute Gasteiger partial charge is 0.384 e. The monoisotopic (exact) mass is 506 g/mol. The van der Waals surface area contributed by atoms with Crippen LogP contribution in [0.25, 0.3) is 0 Å². The van der Waals surface area contributed by atoms with Crippen molar-refractivity contribution in [3.63, 3.8) is 0 Å². The molecule has 150 valence electrons. The lowest BCUT2D eigenvalue weighted by Crippen LogP contribution is -2.83. The average molecular weight is 506 g/mol. The molecule has 0 N–H and O–H groups in total. The molecule has 0 aromatic rings. The average Bonchev–Trinajstić information content (AvgIpc) is 2.45. The van der Waals surface area contributed by atoms with Gasteiger partial charge in [-0.05, 0) is 6.42 Å². The minimum atomic E-state index is -7.13. The number of unbranched alkanes of at least 4 members (excludes halogenated alkanes) is 2. The fourth-order valence-electron chi connectivity index (χ4n) is 2.57. The standard InChI is InChI=1S/C13H14F11I/c1-2-3-4-5-7(25)6-8(14)9(15,16)11(19,20)13(23,24)12(21,22)10(8,17)18/h7H,2-6H2,1H3. The van der Waals surface area contributed by atoms with Gasteiger partial charge < -0.3 is 0 Å². The Labute approximate surface area is 149 Å². The van der Waals surface area contributed by atoms with E-state index in [9.17, 15) is 48.3 Å². The van der Waals surface area contributed by atoms with E-state index in [1.54, 1.807) is 6.92 Å². The van der Waals surface area contributed by atoms with Crippen LogP contribution in [0.1, 0.15) is 39.0 Å². The van der Waals surface area contributed by atoms with E-state index < -0.39 is 45.6 Å². The Bertz CT molecular complexity index is 458. The number of hydrogen-bond acceptors (Lipinski definition) is 0. The van der Waals surface area contributed by atoms with E-state index in [0.29, 0.717) is 12.8 Å². The molecule has 0 aliphatic heterocycles. The highest BCUT2D eigenvalue weighted by atomic mass is 127. The minimum absolute atomic E-state index is 0.209. The molecule has 0 aromatic heterocycles. The van der Waals surface area contributed by atoms with Crippen LogP contribution in [0.3, 0.4) is 0 Å². The second kappa shape index (κ2) is 6.54. The Morgan fingerprint density at radius 3 is 1.36 bits per heavy atom. The normalized spacial score (nSPS) is 29.2. The van der Waals surface area contributed by atoms with Crippen LogP contribution < -0.4 is 0 Å². The summed E-state index contributed by atoms with van der Waals surface area (Å²) in [5.41, 5.74) is -5.84. The summed E-state index contributed by atoms with van der Waals surface area (Å²) in [5, 5.41) is 0. The smallest absolute Gasteiger partial charge is 0.230 e. The van der Waals surface area contributed by atoms with E-state index in [2.05, 4.69) is 0 Å². The highest BCUT2D eigenvalue weighted by Crippen LogP contribution is 2.70. The Morgan fingerprint density at radius 1 is 0.640 bits per heavy atom. The van der Waals surface area contributed by atoms with Crippen LogP contribution in [0.2, 0.25) is 0 Å². The summed E-state index contributed by atoms with van der Waals surface area (Å²) in [6, 6.07) is 0. The molecule has 1 aliphatic rings. The number of halogens is 12. The summed E-state index contributed by atoms with van der Waals surface area (Å²) in [4.78, 5) is 0. The molecule has 1 atom stereocenters. The van der Waals surface area contributed by atoms with E-state index >= 15 is 0 Å². The van der Waals surface area contributed by atoms with Gasteiger partial charge in [-0.15, -0.1) is 0 Å². The maximum atomic E-state index is 14.4. The van der Waals surface area contributed by atoms with Gasteiger partial charge in [-0.1, -0.05) is 48.8 Å². The van der Waals surface area contributed by atoms with Gasteiger partial charge in [0, 0.05) is 10.3 Å². The fourth-order valence-corrected chi connectivity index (χ4v) is 3.61. The first-order valence-corrected chi connectivity index (χ1v) is 8.42. The molecule has 12 heteroatoms. The van der Waals surface area contributed by atoms with Gasteiger partial charge in [-0.2, -0.15) is 43.9 Å². The Morgan fingerprint density at radius 2 is 1.00 bits per heavy atom. The van der Waals surface area contributed by atoms with Crippen molar-refractivity contribution in [1.82, 2.24) is 0 Å². The van der Waals surface area contributed by atoms with E-state index in [0.717, 1.165) is 0 Å². The van der Waals surface area contributed by atoms with Gasteiger partial charge in [-0.25, -0.2) is 4.39 Å². The van der Waals surface area contributed by atoms with E-state index in [1.165, 1.54) is 22.6 Å². The molecule has 0 saturated heterocycles. The Kier molecular flexibility index (Phi) is 6.01. The predicted molar refractivity (Wildman–Crippen MR) is 75.1 cm³/mol. The third-order valence-corrected chi connectivity index (χ3v) is 5.26. The quantitative estimate of drug-likeness (QED) is 0.164. The zero-order valence-corrected chi connectivity index (χ0v) is 14.8. The summed E-state index contributed by atoms with van der Waals surface area (Å²) in [6.45, 7) is 1.71. The summed E-state index contributed by atoms with van der Waals surface area (Å²) >= 11 is 1.18. The van der Waals surface area contributed by atoms with Gasteiger partial charge in [0.1, 0.15) is 0 Å². The molecule has 1 unspecified atom stereocenters. The van der Waals surface area contributed by atoms with E-state index in [-0.39, 0.29) is 12.8 Å². The van der Waals surface area contributed by atoms with Crippen molar-refractivity contribution in [3.8, 4) is 0 Å². The lowest BCUT2D eigenvalue weighted by Gasteiger charge is -2.53. The van der Waals surface area contributed by atoms with Gasteiger partial charge in [0.05, 0.1) is 0 Å². The van der Waals surface area contributed by atoms with Crippen LogP contribution in [0.5, 0.6) is 0 Å². The molecule has 1 saturated carbocycles. The molecule has 0 amide bonds. The molecule has 1 aliphatic carbocycles. The van der Waals surface area contributed by atoms with Crippen molar-refractivity contribution in [3.05, 3.63) is 0 Å². The highest BCUT2D eigenvalue weighted by molar-refractivity contribution is 14.1. The van der Waals surface area contributed by atoms with Gasteiger partial charge in [-0.3, -0.25) is 0 Å². The summed E-state index contributed by atoms with van der Waals surface area (Å²) < 4.78 is 147. The SMILES string of the molecule is CCCCCC(I)CC1(F)C(F)(F)C(F)(F)C(F)(F)C(F)(F)C1(F)F. The fraction of sp³-hybridized carbons (Fsp3) is 1.00. The van der Waals surface area contributed by atoms with Crippen LogP contribution >= 0.6 is 22.6 Å². The maximum absolute atomic E-state index is 14.4. The third kappa shape index (κ3) is 2.82. The second-order valence-electron chi connectivity index (χ2n) is 5.97. The molecule has 0 bridgehead atoms. The van der Waals surface area contributed by atoms with Gasteiger partial charge in [0.25, 0.3) is 5.67 Å². The highest BCUT2D eigenvalue weighted by Gasteiger charge is 3.00. The van der Waals surface area contributed by atoms with Crippen LogP contribution in [0, 0.1) is 0 Å². The second-order valence-corrected chi connectivity index (χ2v) is 7.73. The van der Waals surface area contributed by atoms with Crippen LogP contribution in [-0.4, -0.2) is 39.2 Å². The van der Waals surface area contributed by atoms with E-state index in [4.69, 9.17) is 0 Å². The van der Waals surface area contributed by atoms with Crippen molar-refractivity contribution < 1.29 is 48.3 Å². The van der Waals surface area contributed by atoms with Crippen molar-refractivity contribution >= 4 is 22.6 Å². The van der Waals surface area contributed by atoms with Crippen LogP contribution in [-0.2, 0) is 0 Å². The molecule has 25 heavy (non-hydrogen) atoms. The zero-order chi connectivity index (χ0) is 20.1. The number of rotatable bonds is 6. The number of alkyl halides is 12. The molecule has 0 radical (unpaired) electrons. The predicted octanol–water partition coefficient (Wildman–Crippen LogP) is 6.66. The Hall–Kier alpha value is -0.0400. The number of hydrogen-bond donors (Lipinski definition) is 0. The Balaban J connectivity index is 3.40. The summed E-state index contributed by atoms with van der Waals surface area (Å²) in [6.07, 6.45) is -1.06. The minimum Gasteiger partial charge on any atom is -0.230 e. The van der Waals surface area contributed by atoms with Gasteiger partial charge in [0.15, 0.2) is 0 Å². The topological polar surface area (TPSA) is 0 Å². The van der Waals surface area contributed by atoms with Crippen molar-refractivity contribution in [2.24, 2.45) is 0 Å². The summed E-state index contributed by atoms with van der Waals surface area (Å²) in [5.74, 6) is -34.5. The van der Waals surface area contributed by atoms with Crippen molar-refractivity contribution in [2.75, 3.05) is 0 Å². The zero-order valence-electron chi connectivity index (χ0n) is 12.6. The maximum Gasteiger partial charge on any atom is 0.384 e. The molecular formula is C13H14F11I. The lowest BCUT2D eigenvalue weighted by molar-refractivity contribution is -0.485. The molecule has 0 spiro atoms. The summed E-state index contributed by atoms with van der Waals surface area (Å²) in [7, 11) is 0. The van der Waals surface area contributed by atoms with Crippen LogP contribution in [0.4, 0.5) is 48.3 Å².